The predicted molar refractivity (Wildman–Crippen MR) is 100.0 cm³/mol. The van der Waals surface area contributed by atoms with E-state index in [0.29, 0.717) is 19.5 Å². The third-order valence-electron chi connectivity index (χ3n) is 4.84. The van der Waals surface area contributed by atoms with Gasteiger partial charge in [0.25, 0.3) is 0 Å². The van der Waals surface area contributed by atoms with E-state index in [0.717, 1.165) is 37.2 Å². The fraction of sp³-hybridized carbons (Fsp3) is 0.421. The first-order chi connectivity index (χ1) is 12.9. The Morgan fingerprint density at radius 2 is 1.81 bits per heavy atom. The zero-order chi connectivity index (χ0) is 19.4. The molecule has 1 N–H and O–H groups in total. The molecule has 0 saturated carbocycles. The van der Waals surface area contributed by atoms with Crippen LogP contribution >= 0.6 is 0 Å². The molecular formula is C19H23F2N3O2S. The van der Waals surface area contributed by atoms with Gasteiger partial charge in [-0.15, -0.1) is 0 Å². The number of benzene rings is 1. The highest BCUT2D eigenvalue weighted by Gasteiger charge is 2.30. The van der Waals surface area contributed by atoms with Crippen LogP contribution < -0.4 is 5.32 Å². The van der Waals surface area contributed by atoms with E-state index in [-0.39, 0.29) is 16.6 Å². The highest BCUT2D eigenvalue weighted by Crippen LogP contribution is 2.25. The summed E-state index contributed by atoms with van der Waals surface area (Å²) in [5, 5.41) is 2.72. The Kier molecular flexibility index (Phi) is 6.06. The number of nitrogens with one attached hydrogen (secondary N) is 1. The van der Waals surface area contributed by atoms with Gasteiger partial charge in [-0.05, 0) is 43.9 Å². The molecule has 146 valence electrons. The first kappa shape index (κ1) is 19.7. The molecule has 8 heteroatoms. The average molecular weight is 395 g/mol. The van der Waals surface area contributed by atoms with E-state index in [1.807, 2.05) is 6.92 Å². The number of pyridine rings is 1. The molecule has 1 fully saturated rings. The van der Waals surface area contributed by atoms with Gasteiger partial charge in [0.05, 0.1) is 17.3 Å². The van der Waals surface area contributed by atoms with E-state index >= 15 is 0 Å². The van der Waals surface area contributed by atoms with Crippen molar-refractivity contribution < 1.29 is 17.2 Å². The molecule has 0 amide bonds. The van der Waals surface area contributed by atoms with Gasteiger partial charge in [-0.25, -0.2) is 17.2 Å². The van der Waals surface area contributed by atoms with Crippen molar-refractivity contribution >= 4 is 15.7 Å². The molecule has 3 rings (SSSR count). The van der Waals surface area contributed by atoms with Gasteiger partial charge in [-0.2, -0.15) is 4.31 Å². The molecule has 0 spiro atoms. The molecule has 27 heavy (non-hydrogen) atoms. The van der Waals surface area contributed by atoms with Crippen molar-refractivity contribution in [3.05, 3.63) is 53.9 Å². The molecule has 2 heterocycles. The molecule has 1 atom stereocenters. The number of aromatic nitrogens is 1. The number of sulfonamides is 1. The van der Waals surface area contributed by atoms with Crippen LogP contribution in [-0.4, -0.2) is 36.8 Å². The summed E-state index contributed by atoms with van der Waals surface area (Å²) in [7, 11) is -3.49. The van der Waals surface area contributed by atoms with E-state index in [9.17, 15) is 17.2 Å². The second kappa shape index (κ2) is 8.31. The standard InChI is InChI=1S/C19H23F2N3O2S/c1-14-4-2-3-11-24(14)27(25,26)16-7-5-15(6-8-16)9-10-23-19-17(20)12-22-13-18(19)21/h5-8,12-14H,2-4,9-11H2,1H3,(H,22,23). The van der Waals surface area contributed by atoms with E-state index in [1.165, 1.54) is 0 Å². The topological polar surface area (TPSA) is 62.3 Å². The minimum absolute atomic E-state index is 0.0118. The van der Waals surface area contributed by atoms with Crippen molar-refractivity contribution in [1.82, 2.24) is 9.29 Å². The first-order valence-electron chi connectivity index (χ1n) is 9.03. The molecule has 1 unspecified atom stereocenters. The lowest BCUT2D eigenvalue weighted by atomic mass is 10.1. The number of hydrogen-bond donors (Lipinski definition) is 1. The van der Waals surface area contributed by atoms with Crippen molar-refractivity contribution in [3.63, 3.8) is 0 Å². The Morgan fingerprint density at radius 1 is 1.15 bits per heavy atom. The van der Waals surface area contributed by atoms with Crippen LogP contribution in [0, 0.1) is 11.6 Å². The first-order valence-corrected chi connectivity index (χ1v) is 10.5. The van der Waals surface area contributed by atoms with E-state index in [1.54, 1.807) is 28.6 Å². The Morgan fingerprint density at radius 3 is 2.44 bits per heavy atom. The largest absolute Gasteiger partial charge is 0.380 e. The van der Waals surface area contributed by atoms with Gasteiger partial charge in [0.1, 0.15) is 5.69 Å². The summed E-state index contributed by atoms with van der Waals surface area (Å²) in [6, 6.07) is 6.68. The lowest BCUT2D eigenvalue weighted by Gasteiger charge is -2.32. The summed E-state index contributed by atoms with van der Waals surface area (Å²) in [5.41, 5.74) is 0.672. The fourth-order valence-electron chi connectivity index (χ4n) is 3.30. The number of halogens is 2. The van der Waals surface area contributed by atoms with Crippen LogP contribution in [0.25, 0.3) is 0 Å². The average Bonchev–Trinajstić information content (AvgIpc) is 2.65. The van der Waals surface area contributed by atoms with E-state index in [4.69, 9.17) is 0 Å². The van der Waals surface area contributed by atoms with Crippen LogP contribution in [0.2, 0.25) is 0 Å². The van der Waals surface area contributed by atoms with Crippen LogP contribution in [0.3, 0.4) is 0 Å². The summed E-state index contributed by atoms with van der Waals surface area (Å²) >= 11 is 0. The maximum Gasteiger partial charge on any atom is 0.243 e. The Hall–Kier alpha value is -2.06. The maximum absolute atomic E-state index is 13.5. The van der Waals surface area contributed by atoms with Crippen molar-refractivity contribution in [2.45, 2.75) is 43.5 Å². The van der Waals surface area contributed by atoms with Crippen LogP contribution in [0.15, 0.2) is 41.6 Å². The molecule has 1 saturated heterocycles. The van der Waals surface area contributed by atoms with Crippen LogP contribution in [0.5, 0.6) is 0 Å². The van der Waals surface area contributed by atoms with Gasteiger partial charge < -0.3 is 5.32 Å². The van der Waals surface area contributed by atoms with E-state index < -0.39 is 21.7 Å². The van der Waals surface area contributed by atoms with Gasteiger partial charge in [0.2, 0.25) is 10.0 Å². The molecule has 1 aromatic heterocycles. The second-order valence-corrected chi connectivity index (χ2v) is 8.65. The predicted octanol–water partition coefficient (Wildman–Crippen LogP) is 3.58. The third-order valence-corrected chi connectivity index (χ3v) is 6.87. The summed E-state index contributed by atoms with van der Waals surface area (Å²) < 4.78 is 54.3. The quantitative estimate of drug-likeness (QED) is 0.812. The van der Waals surface area contributed by atoms with Gasteiger partial charge in [0, 0.05) is 19.1 Å². The van der Waals surface area contributed by atoms with Crippen molar-refractivity contribution in [1.29, 1.82) is 0 Å². The number of rotatable bonds is 6. The Balaban J connectivity index is 1.63. The summed E-state index contributed by atoms with van der Waals surface area (Å²) in [4.78, 5) is 3.71. The highest BCUT2D eigenvalue weighted by molar-refractivity contribution is 7.89. The lowest BCUT2D eigenvalue weighted by Crippen LogP contribution is -2.41. The normalized spacial score (nSPS) is 18.4. The van der Waals surface area contributed by atoms with Gasteiger partial charge >= 0.3 is 0 Å². The minimum Gasteiger partial charge on any atom is -0.380 e. The third kappa shape index (κ3) is 4.44. The van der Waals surface area contributed by atoms with Gasteiger partial charge in [0.15, 0.2) is 11.6 Å². The van der Waals surface area contributed by atoms with E-state index in [2.05, 4.69) is 10.3 Å². The minimum atomic E-state index is -3.49. The molecule has 1 aliphatic rings. The lowest BCUT2D eigenvalue weighted by molar-refractivity contribution is 0.268. The zero-order valence-electron chi connectivity index (χ0n) is 15.2. The smallest absolute Gasteiger partial charge is 0.243 e. The second-order valence-electron chi connectivity index (χ2n) is 6.76. The molecular weight excluding hydrogens is 372 g/mol. The number of nitrogens with zero attached hydrogens (tertiary/aromatic N) is 2. The highest BCUT2D eigenvalue weighted by atomic mass is 32.2. The van der Waals surface area contributed by atoms with Crippen molar-refractivity contribution in [3.8, 4) is 0 Å². The number of hydrogen-bond acceptors (Lipinski definition) is 4. The van der Waals surface area contributed by atoms with Crippen molar-refractivity contribution in [2.24, 2.45) is 0 Å². The van der Waals surface area contributed by atoms with Crippen LogP contribution in [0.1, 0.15) is 31.7 Å². The monoisotopic (exact) mass is 395 g/mol. The zero-order valence-corrected chi connectivity index (χ0v) is 16.0. The summed E-state index contributed by atoms with van der Waals surface area (Å²) in [6.07, 6.45) is 5.22. The molecule has 0 bridgehead atoms. The van der Waals surface area contributed by atoms with Crippen LogP contribution in [-0.2, 0) is 16.4 Å². The molecule has 1 aliphatic heterocycles. The van der Waals surface area contributed by atoms with Crippen molar-refractivity contribution in [2.75, 3.05) is 18.4 Å². The van der Waals surface area contributed by atoms with Crippen LogP contribution in [0.4, 0.5) is 14.5 Å². The maximum atomic E-state index is 13.5. The molecule has 5 nitrogen and oxygen atoms in total. The van der Waals surface area contributed by atoms with Gasteiger partial charge in [-0.3, -0.25) is 4.98 Å². The molecule has 0 radical (unpaired) electrons. The summed E-state index contributed by atoms with van der Waals surface area (Å²) in [5.74, 6) is -1.49. The molecule has 0 aliphatic carbocycles. The number of anilines is 1. The fourth-order valence-corrected chi connectivity index (χ4v) is 5.00. The van der Waals surface area contributed by atoms with Gasteiger partial charge in [-0.1, -0.05) is 18.6 Å². The SMILES string of the molecule is CC1CCCCN1S(=O)(=O)c1ccc(CCNc2c(F)cncc2F)cc1. The molecule has 1 aromatic carbocycles. The Labute approximate surface area is 158 Å². The summed E-state index contributed by atoms with van der Waals surface area (Å²) in [6.45, 7) is 2.81. The Bertz CT molecular complexity index is 868. The number of piperidine rings is 1. The molecule has 2 aromatic rings.